The highest BCUT2D eigenvalue weighted by molar-refractivity contribution is 5.84. The molecule has 0 spiro atoms. The lowest BCUT2D eigenvalue weighted by Crippen LogP contribution is -2.45. The maximum atomic E-state index is 11.9. The molecule has 0 aliphatic rings. The van der Waals surface area contributed by atoms with Crippen LogP contribution in [0.2, 0.25) is 0 Å². The van der Waals surface area contributed by atoms with Crippen molar-refractivity contribution in [1.82, 2.24) is 10.2 Å². The summed E-state index contributed by atoms with van der Waals surface area (Å²) >= 11 is 0. The first-order chi connectivity index (χ1) is 10.6. The molecule has 1 unspecified atom stereocenters. The van der Waals surface area contributed by atoms with E-state index in [2.05, 4.69) is 5.32 Å². The highest BCUT2D eigenvalue weighted by Crippen LogP contribution is 2.07. The van der Waals surface area contributed by atoms with Gasteiger partial charge in [0.05, 0.1) is 6.54 Å². The molecular weight excluding hydrogens is 364 g/mol. The van der Waals surface area contributed by atoms with Gasteiger partial charge < -0.3 is 30.0 Å². The lowest BCUT2D eigenvalue weighted by atomic mass is 10.1. The number of carbonyl (C=O) groups excluding carboxylic acids is 4. The van der Waals surface area contributed by atoms with Gasteiger partial charge in [0, 0.05) is 32.2 Å². The van der Waals surface area contributed by atoms with E-state index in [1.54, 1.807) is 6.92 Å². The number of hydrogen-bond donors (Lipinski definition) is 3. The Labute approximate surface area is 175 Å². The summed E-state index contributed by atoms with van der Waals surface area (Å²) in [6.07, 6.45) is 1.03. The van der Waals surface area contributed by atoms with Crippen molar-refractivity contribution in [2.45, 2.75) is 83.7 Å². The first-order valence-corrected chi connectivity index (χ1v) is 6.92. The van der Waals surface area contributed by atoms with E-state index in [-0.39, 0.29) is 88.6 Å². The summed E-state index contributed by atoms with van der Waals surface area (Å²) in [6, 6.07) is -0.191. The molecule has 0 aromatic carbocycles. The van der Waals surface area contributed by atoms with E-state index >= 15 is 0 Å². The van der Waals surface area contributed by atoms with Crippen molar-refractivity contribution in [2.75, 3.05) is 26.3 Å². The molecule has 8 nitrogen and oxygen atoms in total. The molecule has 0 fully saturated rings. The fourth-order valence-electron chi connectivity index (χ4n) is 1.61. The van der Waals surface area contributed by atoms with Crippen molar-refractivity contribution < 1.29 is 29.4 Å². The van der Waals surface area contributed by atoms with Gasteiger partial charge in [-0.1, -0.05) is 44.6 Å². The molecule has 8 heteroatoms. The Morgan fingerprint density at radius 3 is 1.68 bits per heavy atom. The van der Waals surface area contributed by atoms with E-state index in [1.807, 2.05) is 20.5 Å². The Hall–Kier alpha value is -1.80. The van der Waals surface area contributed by atoms with Gasteiger partial charge in [0.1, 0.15) is 13.6 Å². The standard InChI is InChI=1S/C12H24N2O4.2CH2O.6CH4/c1-3-13-11(17)9-14(10(2)6-8-16)12(18)5-4-7-15;2*1-2;;;;;;/h10,15-16H,3-9H2,1-2H3,(H,13,17);2*1H2;6*1H4. The third-order valence-corrected chi connectivity index (χ3v) is 2.64. The predicted octanol–water partition coefficient (Wildman–Crippen LogP) is 2.94. The summed E-state index contributed by atoms with van der Waals surface area (Å²) in [5, 5.41) is 20.3. The number of aliphatic hydroxyl groups excluding tert-OH is 2. The van der Waals surface area contributed by atoms with E-state index in [0.29, 0.717) is 19.4 Å². The number of rotatable bonds is 9. The Balaban J connectivity index is -0.0000000482. The fourth-order valence-corrected chi connectivity index (χ4v) is 1.61. The molecule has 178 valence electrons. The number of carbonyl (C=O) groups is 4. The number of hydrogen-bond acceptors (Lipinski definition) is 6. The first kappa shape index (κ1) is 56.2. The van der Waals surface area contributed by atoms with Crippen LogP contribution < -0.4 is 5.32 Å². The molecule has 0 radical (unpaired) electrons. The van der Waals surface area contributed by atoms with Crippen molar-refractivity contribution in [3.8, 4) is 0 Å². The van der Waals surface area contributed by atoms with E-state index < -0.39 is 0 Å². The summed E-state index contributed by atoms with van der Waals surface area (Å²) < 4.78 is 0. The minimum absolute atomic E-state index is 0. The fraction of sp³-hybridized carbons (Fsp3) is 0.800. The summed E-state index contributed by atoms with van der Waals surface area (Å²) in [6.45, 7) is 8.06. The van der Waals surface area contributed by atoms with Gasteiger partial charge in [0.15, 0.2) is 0 Å². The lowest BCUT2D eigenvalue weighted by Gasteiger charge is -2.28. The maximum Gasteiger partial charge on any atom is 0.239 e. The number of aliphatic hydroxyl groups is 2. The summed E-state index contributed by atoms with van der Waals surface area (Å²) in [5.41, 5.74) is 0. The van der Waals surface area contributed by atoms with Crippen molar-refractivity contribution in [3.05, 3.63) is 0 Å². The average molecular weight is 417 g/mol. The van der Waals surface area contributed by atoms with Crippen LogP contribution in [0.3, 0.4) is 0 Å². The monoisotopic (exact) mass is 416 g/mol. The van der Waals surface area contributed by atoms with Crippen LogP contribution in [0.25, 0.3) is 0 Å². The van der Waals surface area contributed by atoms with E-state index in [0.717, 1.165) is 0 Å². The SMILES string of the molecule is C.C.C.C.C.C.C=O.C=O.CCNC(=O)CN(C(=O)CCCO)C(C)CCO. The summed E-state index contributed by atoms with van der Waals surface area (Å²) in [4.78, 5) is 40.9. The molecule has 0 saturated carbocycles. The van der Waals surface area contributed by atoms with Crippen LogP contribution in [-0.2, 0) is 19.2 Å². The smallest absolute Gasteiger partial charge is 0.239 e. The molecule has 0 aromatic heterocycles. The molecule has 2 amide bonds. The minimum atomic E-state index is -0.209. The van der Waals surface area contributed by atoms with Gasteiger partial charge in [-0.25, -0.2) is 0 Å². The second-order valence-corrected chi connectivity index (χ2v) is 4.16. The highest BCUT2D eigenvalue weighted by atomic mass is 16.3. The van der Waals surface area contributed by atoms with Crippen LogP contribution in [0.15, 0.2) is 0 Å². The molecule has 0 saturated heterocycles. The molecule has 0 aromatic rings. The number of likely N-dealkylation sites (N-methyl/N-ethyl adjacent to an activating group) is 1. The molecule has 0 bridgehead atoms. The van der Waals surface area contributed by atoms with Gasteiger partial charge in [0.2, 0.25) is 11.8 Å². The van der Waals surface area contributed by atoms with E-state index in [4.69, 9.17) is 19.8 Å². The lowest BCUT2D eigenvalue weighted by molar-refractivity contribution is -0.138. The van der Waals surface area contributed by atoms with Crippen molar-refractivity contribution >= 4 is 25.4 Å². The van der Waals surface area contributed by atoms with Crippen LogP contribution in [0.1, 0.15) is 77.7 Å². The topological polar surface area (TPSA) is 124 Å². The Kier molecular flexibility index (Phi) is 89.5. The molecule has 0 aliphatic carbocycles. The van der Waals surface area contributed by atoms with Crippen molar-refractivity contribution in [1.29, 1.82) is 0 Å². The van der Waals surface area contributed by atoms with Crippen LogP contribution in [0.4, 0.5) is 0 Å². The quantitative estimate of drug-likeness (QED) is 0.531. The third-order valence-electron chi connectivity index (χ3n) is 2.64. The van der Waals surface area contributed by atoms with Crippen molar-refractivity contribution in [3.63, 3.8) is 0 Å². The molecule has 28 heavy (non-hydrogen) atoms. The second-order valence-electron chi connectivity index (χ2n) is 4.16. The van der Waals surface area contributed by atoms with Gasteiger partial charge in [-0.15, -0.1) is 0 Å². The van der Waals surface area contributed by atoms with Crippen LogP contribution in [0.5, 0.6) is 0 Å². The molecule has 1 atom stereocenters. The highest BCUT2D eigenvalue weighted by Gasteiger charge is 2.21. The zero-order valence-corrected chi connectivity index (χ0v) is 13.4. The normalized spacial score (nSPS) is 8.00. The Bertz CT molecular complexity index is 290. The number of nitrogens with one attached hydrogen (secondary N) is 1. The van der Waals surface area contributed by atoms with Gasteiger partial charge in [-0.05, 0) is 26.7 Å². The predicted molar refractivity (Wildman–Crippen MR) is 123 cm³/mol. The van der Waals surface area contributed by atoms with Gasteiger partial charge >= 0.3 is 0 Å². The number of amides is 2. The largest absolute Gasteiger partial charge is 0.396 e. The summed E-state index contributed by atoms with van der Waals surface area (Å²) in [7, 11) is 0. The Morgan fingerprint density at radius 2 is 1.36 bits per heavy atom. The van der Waals surface area contributed by atoms with Crippen LogP contribution in [-0.4, -0.2) is 72.9 Å². The first-order valence-electron chi connectivity index (χ1n) is 6.92. The zero-order chi connectivity index (χ0) is 18.0. The Morgan fingerprint density at radius 1 is 0.929 bits per heavy atom. The molecule has 0 heterocycles. The van der Waals surface area contributed by atoms with E-state index in [9.17, 15) is 9.59 Å². The molecular formula is C20H52N2O6. The molecule has 3 N–H and O–H groups in total. The number of nitrogens with zero attached hydrogens (tertiary/aromatic N) is 1. The van der Waals surface area contributed by atoms with Gasteiger partial charge in [-0.3, -0.25) is 9.59 Å². The molecule has 0 rings (SSSR count). The van der Waals surface area contributed by atoms with Crippen molar-refractivity contribution in [2.24, 2.45) is 0 Å². The zero-order valence-electron chi connectivity index (χ0n) is 13.4. The van der Waals surface area contributed by atoms with E-state index in [1.165, 1.54) is 4.90 Å². The van der Waals surface area contributed by atoms with Gasteiger partial charge in [0.25, 0.3) is 0 Å². The average Bonchev–Trinajstić information content (AvgIpc) is 2.54. The van der Waals surface area contributed by atoms with Gasteiger partial charge in [-0.2, -0.15) is 0 Å². The van der Waals surface area contributed by atoms with Crippen LogP contribution in [0, 0.1) is 0 Å². The minimum Gasteiger partial charge on any atom is -0.396 e. The third kappa shape index (κ3) is 31.9. The molecule has 0 aliphatic heterocycles. The van der Waals surface area contributed by atoms with Crippen LogP contribution >= 0.6 is 0 Å². The summed E-state index contributed by atoms with van der Waals surface area (Å²) in [5.74, 6) is -0.379. The second kappa shape index (κ2) is 44.6. The maximum absolute atomic E-state index is 11.9.